The molecule has 2 rings (SSSR count). The summed E-state index contributed by atoms with van der Waals surface area (Å²) in [5.74, 6) is 1.47. The van der Waals surface area contributed by atoms with Crippen molar-refractivity contribution in [1.82, 2.24) is 15.5 Å². The van der Waals surface area contributed by atoms with Gasteiger partial charge in [0.25, 0.3) is 0 Å². The molecular weight excluding hydrogens is 238 g/mol. The van der Waals surface area contributed by atoms with Gasteiger partial charge in [0.15, 0.2) is 5.82 Å². The highest BCUT2D eigenvalue weighted by Crippen LogP contribution is 2.12. The molecule has 0 aliphatic rings. The van der Waals surface area contributed by atoms with E-state index < -0.39 is 0 Å². The highest BCUT2D eigenvalue weighted by molar-refractivity contribution is 5.31. The molecule has 2 aromatic rings. The lowest BCUT2D eigenvalue weighted by Gasteiger charge is -2.02. The summed E-state index contributed by atoms with van der Waals surface area (Å²) in [4.78, 5) is 4.41. The van der Waals surface area contributed by atoms with Crippen LogP contribution in [0.3, 0.4) is 0 Å². The van der Waals surface area contributed by atoms with Crippen molar-refractivity contribution in [3.05, 3.63) is 46.6 Å². The van der Waals surface area contributed by atoms with E-state index in [1.165, 1.54) is 16.7 Å². The Bertz CT molecular complexity index is 534. The molecule has 0 aliphatic carbocycles. The van der Waals surface area contributed by atoms with Crippen molar-refractivity contribution >= 4 is 0 Å². The van der Waals surface area contributed by atoms with Gasteiger partial charge < -0.3 is 9.84 Å². The Morgan fingerprint density at radius 1 is 1.21 bits per heavy atom. The standard InChI is InChI=1S/C15H21N3O/c1-4-16-8-7-15-17-14(18-19-15)10-13-6-5-11(2)12(3)9-13/h5-6,9,16H,4,7-8,10H2,1-3H3. The molecule has 0 amide bonds. The molecule has 1 aromatic carbocycles. The third kappa shape index (κ3) is 3.89. The lowest BCUT2D eigenvalue weighted by molar-refractivity contribution is 0.372. The van der Waals surface area contributed by atoms with Gasteiger partial charge >= 0.3 is 0 Å². The summed E-state index contributed by atoms with van der Waals surface area (Å²) in [7, 11) is 0. The zero-order valence-corrected chi connectivity index (χ0v) is 11.9. The van der Waals surface area contributed by atoms with E-state index in [2.05, 4.69) is 54.4 Å². The van der Waals surface area contributed by atoms with E-state index in [-0.39, 0.29) is 0 Å². The molecule has 0 aliphatic heterocycles. The highest BCUT2D eigenvalue weighted by atomic mass is 16.5. The van der Waals surface area contributed by atoms with E-state index in [0.717, 1.165) is 31.8 Å². The van der Waals surface area contributed by atoms with Crippen LogP contribution in [0.5, 0.6) is 0 Å². The highest BCUT2D eigenvalue weighted by Gasteiger charge is 2.07. The number of hydrogen-bond donors (Lipinski definition) is 1. The number of aryl methyl sites for hydroxylation is 2. The van der Waals surface area contributed by atoms with Crippen LogP contribution in [0.15, 0.2) is 22.7 Å². The van der Waals surface area contributed by atoms with Crippen LogP contribution in [0.4, 0.5) is 0 Å². The Kier molecular flexibility index (Phi) is 4.68. The largest absolute Gasteiger partial charge is 0.339 e. The summed E-state index contributed by atoms with van der Waals surface area (Å²) in [6.45, 7) is 8.16. The van der Waals surface area contributed by atoms with Crippen LogP contribution in [0, 0.1) is 13.8 Å². The first kappa shape index (κ1) is 13.7. The smallest absolute Gasteiger partial charge is 0.227 e. The Labute approximate surface area is 114 Å². The maximum Gasteiger partial charge on any atom is 0.227 e. The SMILES string of the molecule is CCNCCc1nc(Cc2ccc(C)c(C)c2)no1. The van der Waals surface area contributed by atoms with Crippen molar-refractivity contribution in [2.24, 2.45) is 0 Å². The number of aromatic nitrogens is 2. The first-order valence-electron chi connectivity index (χ1n) is 6.77. The number of hydrogen-bond acceptors (Lipinski definition) is 4. The van der Waals surface area contributed by atoms with Gasteiger partial charge in [-0.1, -0.05) is 30.3 Å². The zero-order chi connectivity index (χ0) is 13.7. The summed E-state index contributed by atoms with van der Waals surface area (Å²) >= 11 is 0. The van der Waals surface area contributed by atoms with Crippen molar-refractivity contribution in [2.75, 3.05) is 13.1 Å². The average molecular weight is 259 g/mol. The van der Waals surface area contributed by atoms with Crippen LogP contribution in [0.2, 0.25) is 0 Å². The number of nitrogens with zero attached hydrogens (tertiary/aromatic N) is 2. The van der Waals surface area contributed by atoms with Gasteiger partial charge in [0.05, 0.1) is 0 Å². The number of rotatable bonds is 6. The first-order chi connectivity index (χ1) is 9.19. The van der Waals surface area contributed by atoms with E-state index in [4.69, 9.17) is 4.52 Å². The molecule has 102 valence electrons. The molecular formula is C15H21N3O. The second-order valence-electron chi connectivity index (χ2n) is 4.80. The van der Waals surface area contributed by atoms with Gasteiger partial charge in [-0.05, 0) is 37.1 Å². The van der Waals surface area contributed by atoms with Crippen LogP contribution in [0.1, 0.15) is 35.3 Å². The molecule has 0 bridgehead atoms. The van der Waals surface area contributed by atoms with Crippen LogP contribution in [-0.4, -0.2) is 23.2 Å². The van der Waals surface area contributed by atoms with E-state index >= 15 is 0 Å². The Morgan fingerprint density at radius 2 is 2.05 bits per heavy atom. The fraction of sp³-hybridized carbons (Fsp3) is 0.467. The predicted molar refractivity (Wildman–Crippen MR) is 75.3 cm³/mol. The average Bonchev–Trinajstić information content (AvgIpc) is 2.82. The number of benzene rings is 1. The molecule has 0 saturated carbocycles. The molecule has 1 aromatic heterocycles. The maximum atomic E-state index is 5.24. The monoisotopic (exact) mass is 259 g/mol. The second kappa shape index (κ2) is 6.48. The first-order valence-corrected chi connectivity index (χ1v) is 6.77. The third-order valence-electron chi connectivity index (χ3n) is 3.21. The third-order valence-corrected chi connectivity index (χ3v) is 3.21. The summed E-state index contributed by atoms with van der Waals surface area (Å²) in [5, 5.41) is 7.27. The summed E-state index contributed by atoms with van der Waals surface area (Å²) in [6.07, 6.45) is 1.51. The maximum absolute atomic E-state index is 5.24. The van der Waals surface area contributed by atoms with Crippen LogP contribution in [-0.2, 0) is 12.8 Å². The van der Waals surface area contributed by atoms with Crippen LogP contribution in [0.25, 0.3) is 0 Å². The molecule has 1 heterocycles. The van der Waals surface area contributed by atoms with E-state index in [1.807, 2.05) is 0 Å². The summed E-state index contributed by atoms with van der Waals surface area (Å²) in [5.41, 5.74) is 3.83. The van der Waals surface area contributed by atoms with Gasteiger partial charge in [0.1, 0.15) is 0 Å². The lowest BCUT2D eigenvalue weighted by Crippen LogP contribution is -2.16. The van der Waals surface area contributed by atoms with Gasteiger partial charge in [-0.25, -0.2) is 0 Å². The normalized spacial score (nSPS) is 10.9. The quantitative estimate of drug-likeness (QED) is 0.809. The van der Waals surface area contributed by atoms with Crippen molar-refractivity contribution in [1.29, 1.82) is 0 Å². The molecule has 0 atom stereocenters. The molecule has 0 fully saturated rings. The summed E-state index contributed by atoms with van der Waals surface area (Å²) < 4.78 is 5.24. The molecule has 0 spiro atoms. The van der Waals surface area contributed by atoms with E-state index in [1.54, 1.807) is 0 Å². The van der Waals surface area contributed by atoms with E-state index in [0.29, 0.717) is 5.89 Å². The fourth-order valence-electron chi connectivity index (χ4n) is 1.93. The summed E-state index contributed by atoms with van der Waals surface area (Å²) in [6, 6.07) is 6.44. The molecule has 4 heteroatoms. The fourth-order valence-corrected chi connectivity index (χ4v) is 1.93. The zero-order valence-electron chi connectivity index (χ0n) is 11.9. The Morgan fingerprint density at radius 3 is 2.79 bits per heavy atom. The molecule has 0 unspecified atom stereocenters. The van der Waals surface area contributed by atoms with Crippen molar-refractivity contribution in [3.8, 4) is 0 Å². The van der Waals surface area contributed by atoms with Gasteiger partial charge in [0, 0.05) is 19.4 Å². The van der Waals surface area contributed by atoms with Crippen molar-refractivity contribution in [3.63, 3.8) is 0 Å². The Balaban J connectivity index is 1.97. The van der Waals surface area contributed by atoms with Crippen molar-refractivity contribution < 1.29 is 4.52 Å². The molecule has 4 nitrogen and oxygen atoms in total. The van der Waals surface area contributed by atoms with Gasteiger partial charge in [-0.2, -0.15) is 4.98 Å². The Hall–Kier alpha value is -1.68. The van der Waals surface area contributed by atoms with Crippen molar-refractivity contribution in [2.45, 2.75) is 33.6 Å². The van der Waals surface area contributed by atoms with Gasteiger partial charge in [0.2, 0.25) is 5.89 Å². The minimum atomic E-state index is 0.708. The topological polar surface area (TPSA) is 51.0 Å². The number of likely N-dealkylation sites (N-methyl/N-ethyl adjacent to an activating group) is 1. The van der Waals surface area contributed by atoms with Crippen LogP contribution < -0.4 is 5.32 Å². The van der Waals surface area contributed by atoms with E-state index in [9.17, 15) is 0 Å². The number of nitrogens with one attached hydrogen (secondary N) is 1. The molecule has 1 N–H and O–H groups in total. The second-order valence-corrected chi connectivity index (χ2v) is 4.80. The predicted octanol–water partition coefficient (Wildman–Crippen LogP) is 2.43. The molecule has 19 heavy (non-hydrogen) atoms. The lowest BCUT2D eigenvalue weighted by atomic mass is 10.0. The van der Waals surface area contributed by atoms with Crippen LogP contribution >= 0.6 is 0 Å². The van der Waals surface area contributed by atoms with Gasteiger partial charge in [-0.3, -0.25) is 0 Å². The van der Waals surface area contributed by atoms with Gasteiger partial charge in [-0.15, -0.1) is 0 Å². The molecule has 0 saturated heterocycles. The minimum absolute atomic E-state index is 0.708. The minimum Gasteiger partial charge on any atom is -0.339 e. The molecule has 0 radical (unpaired) electrons.